The summed E-state index contributed by atoms with van der Waals surface area (Å²) in [5.41, 5.74) is 4.01. The van der Waals surface area contributed by atoms with Gasteiger partial charge in [-0.3, -0.25) is 19.8 Å². The van der Waals surface area contributed by atoms with Crippen LogP contribution in [0.5, 0.6) is 23.3 Å². The molecule has 12 rings (SSSR count). The van der Waals surface area contributed by atoms with Gasteiger partial charge in [-0.1, -0.05) is 38.8 Å². The lowest BCUT2D eigenvalue weighted by molar-refractivity contribution is -0.0505. The summed E-state index contributed by atoms with van der Waals surface area (Å²) in [4.78, 5) is 14.8. The molecule has 6 aliphatic heterocycles. The maximum atomic E-state index is 7.30. The van der Waals surface area contributed by atoms with E-state index in [2.05, 4.69) is 72.2 Å². The molecule has 0 aliphatic carbocycles. The quantitative estimate of drug-likeness (QED) is 0.120. The van der Waals surface area contributed by atoms with Crippen molar-refractivity contribution in [1.29, 1.82) is 0 Å². The number of benzene rings is 3. The van der Waals surface area contributed by atoms with Crippen LogP contribution in [-0.4, -0.2) is 82.4 Å². The van der Waals surface area contributed by atoms with Crippen molar-refractivity contribution >= 4 is 32.6 Å². The minimum absolute atomic E-state index is 0.180. The van der Waals surface area contributed by atoms with Crippen molar-refractivity contribution in [2.24, 2.45) is 23.7 Å². The summed E-state index contributed by atoms with van der Waals surface area (Å²) in [7, 11) is 3.42. The predicted molar refractivity (Wildman–Crippen MR) is 227 cm³/mol. The van der Waals surface area contributed by atoms with Gasteiger partial charge in [-0.15, -0.1) is 10.2 Å². The molecular formula is C48H54N6O4. The second kappa shape index (κ2) is 15.6. The molecule has 4 bridgehead atoms. The third-order valence-corrected chi connectivity index (χ3v) is 14.3. The molecule has 9 heterocycles. The minimum atomic E-state index is -0.300. The van der Waals surface area contributed by atoms with Crippen LogP contribution in [0.25, 0.3) is 32.6 Å². The number of hydrogen-bond acceptors (Lipinski definition) is 10. The Labute approximate surface area is 340 Å². The second-order valence-electron chi connectivity index (χ2n) is 17.0. The molecule has 6 saturated heterocycles. The van der Waals surface area contributed by atoms with Gasteiger partial charge in [0.2, 0.25) is 11.8 Å². The molecule has 0 spiro atoms. The molecule has 10 atom stereocenters. The van der Waals surface area contributed by atoms with E-state index in [0.29, 0.717) is 35.4 Å². The highest BCUT2D eigenvalue weighted by molar-refractivity contribution is 5.91. The Balaban J connectivity index is 1.06. The molecule has 6 aliphatic rings. The van der Waals surface area contributed by atoms with Gasteiger partial charge in [-0.25, -0.2) is 0 Å². The van der Waals surface area contributed by atoms with Crippen LogP contribution in [0, 0.1) is 23.7 Å². The van der Waals surface area contributed by atoms with E-state index >= 15 is 0 Å². The summed E-state index contributed by atoms with van der Waals surface area (Å²) in [6.45, 7) is 9.00. The van der Waals surface area contributed by atoms with Crippen LogP contribution < -0.4 is 18.9 Å². The number of nitrogens with zero attached hydrogens (tertiary/aromatic N) is 6. The van der Waals surface area contributed by atoms with Crippen LogP contribution >= 0.6 is 0 Å². The van der Waals surface area contributed by atoms with E-state index in [-0.39, 0.29) is 24.3 Å². The zero-order valence-corrected chi connectivity index (χ0v) is 34.1. The largest absolute Gasteiger partial charge is 0.497 e. The highest BCUT2D eigenvalue weighted by Gasteiger charge is 2.46. The van der Waals surface area contributed by atoms with Crippen molar-refractivity contribution in [3.05, 3.63) is 96.3 Å². The maximum Gasteiger partial charge on any atom is 0.242 e. The zero-order chi connectivity index (χ0) is 39.3. The Morgan fingerprint density at radius 2 is 1.07 bits per heavy atom. The lowest BCUT2D eigenvalue weighted by atomic mass is 9.72. The Hall–Kier alpha value is -5.06. The highest BCUT2D eigenvalue weighted by atomic mass is 16.5. The van der Waals surface area contributed by atoms with Crippen LogP contribution in [0.4, 0.5) is 0 Å². The summed E-state index contributed by atoms with van der Waals surface area (Å²) in [5.74, 6) is 5.39. The van der Waals surface area contributed by atoms with Crippen LogP contribution in [0.15, 0.2) is 85.2 Å². The van der Waals surface area contributed by atoms with Crippen LogP contribution in [0.1, 0.15) is 75.7 Å². The van der Waals surface area contributed by atoms with Crippen molar-refractivity contribution in [1.82, 2.24) is 30.0 Å². The summed E-state index contributed by atoms with van der Waals surface area (Å²) in [6.07, 6.45) is 10.2. The van der Waals surface area contributed by atoms with E-state index in [9.17, 15) is 0 Å². The average molecular weight is 779 g/mol. The van der Waals surface area contributed by atoms with Crippen molar-refractivity contribution in [2.45, 2.75) is 76.7 Å². The molecule has 300 valence electrons. The Kier molecular flexibility index (Phi) is 10.0. The van der Waals surface area contributed by atoms with Crippen molar-refractivity contribution < 1.29 is 18.9 Å². The van der Waals surface area contributed by atoms with Gasteiger partial charge in [-0.2, -0.15) is 0 Å². The monoisotopic (exact) mass is 778 g/mol. The van der Waals surface area contributed by atoms with Gasteiger partial charge in [-0.05, 0) is 123 Å². The van der Waals surface area contributed by atoms with Gasteiger partial charge in [0, 0.05) is 47.4 Å². The summed E-state index contributed by atoms with van der Waals surface area (Å²) in [6, 6.07) is 25.1. The van der Waals surface area contributed by atoms with E-state index in [1.807, 2.05) is 36.7 Å². The number of methoxy groups -OCH3 is 2. The molecule has 6 fully saturated rings. The van der Waals surface area contributed by atoms with E-state index in [1.165, 1.54) is 25.7 Å². The number of hydrogen-bond donors (Lipinski definition) is 0. The van der Waals surface area contributed by atoms with E-state index in [4.69, 9.17) is 39.1 Å². The van der Waals surface area contributed by atoms with Gasteiger partial charge < -0.3 is 18.9 Å². The van der Waals surface area contributed by atoms with Crippen LogP contribution in [0.3, 0.4) is 0 Å². The van der Waals surface area contributed by atoms with Crippen molar-refractivity contribution in [3.63, 3.8) is 0 Å². The van der Waals surface area contributed by atoms with E-state index in [1.54, 1.807) is 14.2 Å². The van der Waals surface area contributed by atoms with Gasteiger partial charge in [0.15, 0.2) is 0 Å². The topological polar surface area (TPSA) is 95.0 Å². The van der Waals surface area contributed by atoms with E-state index in [0.717, 1.165) is 94.2 Å². The lowest BCUT2D eigenvalue weighted by Gasteiger charge is -2.52. The number of ether oxygens (including phenoxy) is 4. The Morgan fingerprint density at radius 3 is 1.47 bits per heavy atom. The van der Waals surface area contributed by atoms with Gasteiger partial charge in [0.05, 0.1) is 48.1 Å². The first kappa shape index (κ1) is 37.2. The molecular weight excluding hydrogens is 725 g/mol. The minimum Gasteiger partial charge on any atom is -0.497 e. The molecule has 6 aromatic rings. The fourth-order valence-electron chi connectivity index (χ4n) is 11.1. The number of piperidine rings is 6. The second-order valence-corrected chi connectivity index (χ2v) is 17.0. The summed E-state index contributed by atoms with van der Waals surface area (Å²) < 4.78 is 26.0. The zero-order valence-electron chi connectivity index (χ0n) is 34.1. The molecule has 5 unspecified atom stereocenters. The number of fused-ring (bicyclic) bond motifs is 9. The van der Waals surface area contributed by atoms with Gasteiger partial charge >= 0.3 is 0 Å². The summed E-state index contributed by atoms with van der Waals surface area (Å²) >= 11 is 0. The fourth-order valence-corrected chi connectivity index (χ4v) is 11.1. The van der Waals surface area contributed by atoms with Gasteiger partial charge in [0.1, 0.15) is 23.7 Å². The molecule has 10 nitrogen and oxygen atoms in total. The Morgan fingerprint density at radius 1 is 0.603 bits per heavy atom. The molecule has 0 N–H and O–H groups in total. The molecule has 58 heavy (non-hydrogen) atoms. The molecule has 0 amide bonds. The standard InChI is InChI=1S/C48H54N6O4/c1-5-29-27-53-21-17-31(29)23-43(53)45(35-15-19-49-41-13-11-33(55-3)25-39(35)41)57-47-37-9-7-8-10-38(37)48(52-51-47)58-46(44-24-32-18-22-54(44)28-30(32)6-2)36-16-20-50-42-14-12-34(56-4)26-40(36)42/h7-16,19-20,25-26,29-32,43-46H,5-6,17-18,21-24,27-28H2,1-4H3/t29-,30?,31?,32?,43-,44+,45+,46+/m1/s1. The third-order valence-electron chi connectivity index (χ3n) is 14.3. The maximum absolute atomic E-state index is 7.30. The normalized spacial score (nSPS) is 27.4. The lowest BCUT2D eigenvalue weighted by Crippen LogP contribution is -2.56. The SMILES string of the molecule is CCC1CN2CCC1C[C@H]2[C@@H](Oc1nnc(O[C@@H](c2ccnc3ccc(OC)cc23)[C@H]2CC3CCN2C[C@H]3CC)c2ccccc12)c1ccnc2ccc(OC)cc12. The first-order valence-electron chi connectivity index (χ1n) is 21.5. The molecule has 3 aromatic carbocycles. The van der Waals surface area contributed by atoms with Crippen LogP contribution in [0.2, 0.25) is 0 Å². The smallest absolute Gasteiger partial charge is 0.242 e. The molecule has 10 heteroatoms. The number of rotatable bonds is 12. The first-order valence-corrected chi connectivity index (χ1v) is 21.5. The summed E-state index contributed by atoms with van der Waals surface area (Å²) in [5, 5.41) is 13.7. The predicted octanol–water partition coefficient (Wildman–Crippen LogP) is 9.22. The van der Waals surface area contributed by atoms with Gasteiger partial charge in [0.25, 0.3) is 0 Å². The number of aromatic nitrogens is 4. The highest BCUT2D eigenvalue weighted by Crippen LogP contribution is 2.47. The molecule has 0 radical (unpaired) electrons. The van der Waals surface area contributed by atoms with Crippen molar-refractivity contribution in [3.8, 4) is 23.3 Å². The van der Waals surface area contributed by atoms with Crippen molar-refractivity contribution in [2.75, 3.05) is 40.4 Å². The Bertz CT molecular complexity index is 2280. The molecule has 3 aromatic heterocycles. The molecule has 0 saturated carbocycles. The van der Waals surface area contributed by atoms with Crippen LogP contribution in [-0.2, 0) is 0 Å². The first-order chi connectivity index (χ1) is 28.5. The third kappa shape index (κ3) is 6.58. The average Bonchev–Trinajstić information content (AvgIpc) is 3.29. The fraction of sp³-hybridized carbons (Fsp3) is 0.458. The number of pyridine rings is 2. The van der Waals surface area contributed by atoms with E-state index < -0.39 is 0 Å².